The normalized spacial score (nSPS) is 13.7. The van der Waals surface area contributed by atoms with Crippen molar-refractivity contribution in [3.05, 3.63) is 34.9 Å². The maximum Gasteiger partial charge on any atom is 0.0623 e. The summed E-state index contributed by atoms with van der Waals surface area (Å²) >= 11 is 5.94. The van der Waals surface area contributed by atoms with Crippen LogP contribution in [0.4, 0.5) is 0 Å². The minimum Gasteiger partial charge on any atom is -0.379 e. The van der Waals surface area contributed by atoms with E-state index >= 15 is 0 Å². The number of methoxy groups -OCH3 is 1. The van der Waals surface area contributed by atoms with Crippen LogP contribution >= 0.6 is 11.6 Å². The summed E-state index contributed by atoms with van der Waals surface area (Å²) in [6, 6.07) is 8.03. The van der Waals surface area contributed by atoms with Gasteiger partial charge in [-0.3, -0.25) is 0 Å². The van der Waals surface area contributed by atoms with Crippen molar-refractivity contribution in [2.24, 2.45) is 5.73 Å². The van der Waals surface area contributed by atoms with Gasteiger partial charge in [0.25, 0.3) is 0 Å². The lowest BCUT2D eigenvalue weighted by atomic mass is 9.96. The van der Waals surface area contributed by atoms with Gasteiger partial charge in [-0.1, -0.05) is 23.7 Å². The first kappa shape index (κ1) is 14.5. The summed E-state index contributed by atoms with van der Waals surface area (Å²) < 4.78 is 5.38. The summed E-state index contributed by atoms with van der Waals surface area (Å²) in [6.07, 6.45) is 2.78. The average molecular weight is 256 g/mol. The molecule has 1 unspecified atom stereocenters. The van der Waals surface area contributed by atoms with Gasteiger partial charge in [-0.15, -0.1) is 0 Å². The molecular formula is C14H22ClNO. The second kappa shape index (κ2) is 6.39. The van der Waals surface area contributed by atoms with Crippen molar-refractivity contribution < 1.29 is 4.74 Å². The van der Waals surface area contributed by atoms with E-state index in [-0.39, 0.29) is 11.6 Å². The highest BCUT2D eigenvalue weighted by molar-refractivity contribution is 6.30. The zero-order chi connectivity index (χ0) is 12.9. The molecule has 0 aromatic heterocycles. The molecule has 96 valence electrons. The fourth-order valence-corrected chi connectivity index (χ4v) is 1.92. The van der Waals surface area contributed by atoms with E-state index in [0.717, 1.165) is 24.3 Å². The quantitative estimate of drug-likeness (QED) is 0.846. The molecule has 1 rings (SSSR count). The molecule has 1 aromatic rings. The van der Waals surface area contributed by atoms with Crippen molar-refractivity contribution in [1.29, 1.82) is 0 Å². The number of ether oxygens (including phenoxy) is 1. The SMILES string of the molecule is COC(C)(C)CCC(N)Cc1cccc(Cl)c1. The van der Waals surface area contributed by atoms with Crippen molar-refractivity contribution in [1.82, 2.24) is 0 Å². The Morgan fingerprint density at radius 1 is 1.41 bits per heavy atom. The Kier molecular flexibility index (Phi) is 5.44. The first-order valence-corrected chi connectivity index (χ1v) is 6.36. The number of rotatable bonds is 6. The van der Waals surface area contributed by atoms with Crippen LogP contribution in [0.5, 0.6) is 0 Å². The lowest BCUT2D eigenvalue weighted by molar-refractivity contribution is 0.0125. The highest BCUT2D eigenvalue weighted by Gasteiger charge is 2.17. The number of halogens is 1. The Hall–Kier alpha value is -0.570. The van der Waals surface area contributed by atoms with Gasteiger partial charge < -0.3 is 10.5 Å². The number of nitrogens with two attached hydrogens (primary N) is 1. The third-order valence-corrected chi connectivity index (χ3v) is 3.29. The van der Waals surface area contributed by atoms with E-state index < -0.39 is 0 Å². The first-order chi connectivity index (χ1) is 7.93. The van der Waals surface area contributed by atoms with Gasteiger partial charge in [0, 0.05) is 18.2 Å². The molecule has 2 nitrogen and oxygen atoms in total. The summed E-state index contributed by atoms with van der Waals surface area (Å²) in [5.74, 6) is 0. The van der Waals surface area contributed by atoms with E-state index in [1.165, 1.54) is 5.56 Å². The molecule has 0 amide bonds. The van der Waals surface area contributed by atoms with Crippen molar-refractivity contribution in [2.45, 2.75) is 44.8 Å². The Labute approximate surface area is 109 Å². The van der Waals surface area contributed by atoms with Crippen molar-refractivity contribution in [3.63, 3.8) is 0 Å². The lowest BCUT2D eigenvalue weighted by Crippen LogP contribution is -2.29. The maximum absolute atomic E-state index is 6.12. The molecule has 0 spiro atoms. The maximum atomic E-state index is 6.12. The number of hydrogen-bond donors (Lipinski definition) is 1. The molecule has 0 heterocycles. The van der Waals surface area contributed by atoms with Gasteiger partial charge in [0.2, 0.25) is 0 Å². The van der Waals surface area contributed by atoms with Gasteiger partial charge in [0.1, 0.15) is 0 Å². The topological polar surface area (TPSA) is 35.2 Å². The van der Waals surface area contributed by atoms with E-state index in [4.69, 9.17) is 22.1 Å². The number of hydrogen-bond acceptors (Lipinski definition) is 2. The number of benzene rings is 1. The third-order valence-electron chi connectivity index (χ3n) is 3.06. The van der Waals surface area contributed by atoms with Crippen molar-refractivity contribution in [3.8, 4) is 0 Å². The van der Waals surface area contributed by atoms with Gasteiger partial charge in [-0.05, 0) is 50.8 Å². The highest BCUT2D eigenvalue weighted by Crippen LogP contribution is 2.18. The highest BCUT2D eigenvalue weighted by atomic mass is 35.5. The zero-order valence-electron chi connectivity index (χ0n) is 10.9. The van der Waals surface area contributed by atoms with Crippen molar-refractivity contribution >= 4 is 11.6 Å². The monoisotopic (exact) mass is 255 g/mol. The molecule has 0 aliphatic rings. The van der Waals surface area contributed by atoms with E-state index in [1.54, 1.807) is 7.11 Å². The largest absolute Gasteiger partial charge is 0.379 e. The summed E-state index contributed by atoms with van der Waals surface area (Å²) in [5.41, 5.74) is 7.22. The van der Waals surface area contributed by atoms with Crippen LogP contribution in [0.3, 0.4) is 0 Å². The molecule has 0 saturated carbocycles. The van der Waals surface area contributed by atoms with Crippen LogP contribution in [-0.4, -0.2) is 18.8 Å². The Bertz CT molecular complexity index is 352. The molecule has 0 aliphatic carbocycles. The molecule has 2 N–H and O–H groups in total. The molecule has 0 saturated heterocycles. The molecule has 3 heteroatoms. The molecule has 1 atom stereocenters. The smallest absolute Gasteiger partial charge is 0.0623 e. The summed E-state index contributed by atoms with van der Waals surface area (Å²) in [4.78, 5) is 0. The molecular weight excluding hydrogens is 234 g/mol. The van der Waals surface area contributed by atoms with Crippen LogP contribution in [0.25, 0.3) is 0 Å². The minimum atomic E-state index is -0.0913. The van der Waals surface area contributed by atoms with Crippen LogP contribution in [0, 0.1) is 0 Å². The summed E-state index contributed by atoms with van der Waals surface area (Å²) in [7, 11) is 1.74. The first-order valence-electron chi connectivity index (χ1n) is 5.98. The summed E-state index contributed by atoms with van der Waals surface area (Å²) in [5, 5.41) is 0.770. The van der Waals surface area contributed by atoms with Crippen molar-refractivity contribution in [2.75, 3.05) is 7.11 Å². The standard InChI is InChI=1S/C14H22ClNO/c1-14(2,17-3)8-7-13(16)10-11-5-4-6-12(15)9-11/h4-6,9,13H,7-8,10,16H2,1-3H3. The Morgan fingerprint density at radius 3 is 2.71 bits per heavy atom. The zero-order valence-corrected chi connectivity index (χ0v) is 11.6. The van der Waals surface area contributed by atoms with Gasteiger partial charge in [0.15, 0.2) is 0 Å². The fraction of sp³-hybridized carbons (Fsp3) is 0.571. The Morgan fingerprint density at radius 2 is 2.12 bits per heavy atom. The second-order valence-electron chi connectivity index (χ2n) is 5.10. The Balaban J connectivity index is 2.42. The molecule has 0 aliphatic heterocycles. The van der Waals surface area contributed by atoms with Gasteiger partial charge in [-0.2, -0.15) is 0 Å². The lowest BCUT2D eigenvalue weighted by Gasteiger charge is -2.24. The fourth-order valence-electron chi connectivity index (χ4n) is 1.70. The predicted octanol–water partition coefficient (Wildman–Crippen LogP) is 3.42. The average Bonchev–Trinajstić information content (AvgIpc) is 2.27. The second-order valence-corrected chi connectivity index (χ2v) is 5.53. The van der Waals surface area contributed by atoms with E-state index in [1.807, 2.05) is 18.2 Å². The summed E-state index contributed by atoms with van der Waals surface area (Å²) in [6.45, 7) is 4.16. The van der Waals surface area contributed by atoms with E-state index in [0.29, 0.717) is 0 Å². The van der Waals surface area contributed by atoms with Crippen LogP contribution < -0.4 is 5.73 Å². The third kappa shape index (κ3) is 5.53. The van der Waals surface area contributed by atoms with Gasteiger partial charge in [0.05, 0.1) is 5.60 Å². The molecule has 1 aromatic carbocycles. The van der Waals surface area contributed by atoms with Crippen LogP contribution in [0.15, 0.2) is 24.3 Å². The molecule has 0 bridgehead atoms. The van der Waals surface area contributed by atoms with E-state index in [2.05, 4.69) is 19.9 Å². The molecule has 0 radical (unpaired) electrons. The van der Waals surface area contributed by atoms with Crippen LogP contribution in [0.1, 0.15) is 32.3 Å². The van der Waals surface area contributed by atoms with Gasteiger partial charge >= 0.3 is 0 Å². The molecule has 17 heavy (non-hydrogen) atoms. The van der Waals surface area contributed by atoms with Crippen LogP contribution in [-0.2, 0) is 11.2 Å². The molecule has 0 fully saturated rings. The van der Waals surface area contributed by atoms with Gasteiger partial charge in [-0.25, -0.2) is 0 Å². The van der Waals surface area contributed by atoms with Crippen LogP contribution in [0.2, 0.25) is 5.02 Å². The predicted molar refractivity (Wildman–Crippen MR) is 73.5 cm³/mol. The van der Waals surface area contributed by atoms with E-state index in [9.17, 15) is 0 Å². The minimum absolute atomic E-state index is 0.0913.